The third-order valence-electron chi connectivity index (χ3n) is 3.66. The average Bonchev–Trinajstić information content (AvgIpc) is 2.35. The molecule has 1 aliphatic carbocycles. The first kappa shape index (κ1) is 13.6. The lowest BCUT2D eigenvalue weighted by atomic mass is 9.77. The molecule has 2 nitrogen and oxygen atoms in total. The molecular weight excluding hydrogens is 290 g/mol. The van der Waals surface area contributed by atoms with Crippen molar-refractivity contribution < 1.29 is 4.79 Å². The second kappa shape index (κ2) is 6.37. The summed E-state index contributed by atoms with van der Waals surface area (Å²) in [5.41, 5.74) is 2.57. The number of nitrogens with zero attached hydrogens (tertiary/aromatic N) is 1. The van der Waals surface area contributed by atoms with Crippen molar-refractivity contribution in [3.63, 3.8) is 0 Å². The Bertz CT molecular complexity index is 419. The first-order valence-corrected chi connectivity index (χ1v) is 7.75. The standard InChI is InChI=1S/C15H20BrNO/c1-17(10-6-2-5-9-16)15(18)14-11-12-7-3-4-8-13(12)14/h3-4,7-8,14H,2,5-6,9-11H2,1H3. The van der Waals surface area contributed by atoms with Crippen LogP contribution in [0.25, 0.3) is 0 Å². The number of rotatable bonds is 6. The van der Waals surface area contributed by atoms with Crippen LogP contribution < -0.4 is 0 Å². The van der Waals surface area contributed by atoms with Crippen molar-refractivity contribution >= 4 is 21.8 Å². The Morgan fingerprint density at radius 3 is 2.83 bits per heavy atom. The van der Waals surface area contributed by atoms with Crippen LogP contribution in [0.4, 0.5) is 0 Å². The lowest BCUT2D eigenvalue weighted by Crippen LogP contribution is -2.37. The molecule has 1 atom stereocenters. The van der Waals surface area contributed by atoms with Crippen molar-refractivity contribution in [1.29, 1.82) is 0 Å². The number of amides is 1. The summed E-state index contributed by atoms with van der Waals surface area (Å²) in [6.45, 7) is 0.879. The zero-order valence-corrected chi connectivity index (χ0v) is 12.4. The van der Waals surface area contributed by atoms with E-state index >= 15 is 0 Å². The Morgan fingerprint density at radius 1 is 1.33 bits per heavy atom. The summed E-state index contributed by atoms with van der Waals surface area (Å²) in [5, 5.41) is 1.06. The first-order valence-electron chi connectivity index (χ1n) is 6.62. The Kier molecular flexibility index (Phi) is 4.81. The molecule has 2 rings (SSSR count). The minimum absolute atomic E-state index is 0.113. The number of alkyl halides is 1. The van der Waals surface area contributed by atoms with Crippen molar-refractivity contribution in [3.05, 3.63) is 35.4 Å². The molecule has 0 fully saturated rings. The van der Waals surface area contributed by atoms with Gasteiger partial charge in [0, 0.05) is 18.9 Å². The van der Waals surface area contributed by atoms with Crippen molar-refractivity contribution in [2.75, 3.05) is 18.9 Å². The molecule has 0 bridgehead atoms. The van der Waals surface area contributed by atoms with Crippen LogP contribution in [-0.2, 0) is 11.2 Å². The summed E-state index contributed by atoms with van der Waals surface area (Å²) >= 11 is 3.43. The van der Waals surface area contributed by atoms with Gasteiger partial charge in [0.15, 0.2) is 0 Å². The molecule has 0 radical (unpaired) electrons. The van der Waals surface area contributed by atoms with Gasteiger partial charge in [0.1, 0.15) is 0 Å². The second-order valence-corrected chi connectivity index (χ2v) is 5.76. The lowest BCUT2D eigenvalue weighted by molar-refractivity contribution is -0.132. The minimum atomic E-state index is 0.113. The fourth-order valence-electron chi connectivity index (χ4n) is 2.48. The predicted molar refractivity (Wildman–Crippen MR) is 78.2 cm³/mol. The summed E-state index contributed by atoms with van der Waals surface area (Å²) in [6.07, 6.45) is 4.39. The summed E-state index contributed by atoms with van der Waals surface area (Å²) in [6, 6.07) is 8.27. The van der Waals surface area contributed by atoms with Gasteiger partial charge in [-0.2, -0.15) is 0 Å². The number of carbonyl (C=O) groups excluding carboxylic acids is 1. The highest BCUT2D eigenvalue weighted by Crippen LogP contribution is 2.35. The van der Waals surface area contributed by atoms with Crippen LogP contribution in [0, 0.1) is 0 Å². The highest BCUT2D eigenvalue weighted by Gasteiger charge is 2.33. The van der Waals surface area contributed by atoms with Crippen LogP contribution in [-0.4, -0.2) is 29.7 Å². The zero-order chi connectivity index (χ0) is 13.0. The largest absolute Gasteiger partial charge is 0.345 e. The third kappa shape index (κ3) is 2.94. The van der Waals surface area contributed by atoms with Gasteiger partial charge >= 0.3 is 0 Å². The average molecular weight is 310 g/mol. The Hall–Kier alpha value is -0.830. The number of hydrogen-bond donors (Lipinski definition) is 0. The molecule has 3 heteroatoms. The molecule has 1 amide bonds. The number of carbonyl (C=O) groups is 1. The molecule has 0 aromatic heterocycles. The molecule has 18 heavy (non-hydrogen) atoms. The maximum atomic E-state index is 12.3. The molecule has 1 unspecified atom stereocenters. The molecule has 1 aliphatic rings. The number of unbranched alkanes of at least 4 members (excludes halogenated alkanes) is 2. The van der Waals surface area contributed by atoms with Crippen LogP contribution in [0.15, 0.2) is 24.3 Å². The van der Waals surface area contributed by atoms with Gasteiger partial charge in [0.05, 0.1) is 5.92 Å². The second-order valence-electron chi connectivity index (χ2n) is 4.96. The van der Waals surface area contributed by atoms with E-state index in [1.54, 1.807) is 0 Å². The van der Waals surface area contributed by atoms with E-state index in [1.807, 2.05) is 24.1 Å². The van der Waals surface area contributed by atoms with Gasteiger partial charge in [-0.1, -0.05) is 46.6 Å². The fourth-order valence-corrected chi connectivity index (χ4v) is 2.87. The van der Waals surface area contributed by atoms with Crippen molar-refractivity contribution in [1.82, 2.24) is 4.90 Å². The SMILES string of the molecule is CN(CCCCCBr)C(=O)C1Cc2ccccc21. The number of halogens is 1. The van der Waals surface area contributed by atoms with E-state index in [9.17, 15) is 4.79 Å². The van der Waals surface area contributed by atoms with Gasteiger partial charge in [-0.3, -0.25) is 4.79 Å². The smallest absolute Gasteiger partial charge is 0.230 e. The van der Waals surface area contributed by atoms with E-state index in [0.717, 1.165) is 24.7 Å². The monoisotopic (exact) mass is 309 g/mol. The van der Waals surface area contributed by atoms with Crippen molar-refractivity contribution in [2.24, 2.45) is 0 Å². The highest BCUT2D eigenvalue weighted by atomic mass is 79.9. The van der Waals surface area contributed by atoms with Crippen molar-refractivity contribution in [3.8, 4) is 0 Å². The van der Waals surface area contributed by atoms with Crippen LogP contribution in [0.5, 0.6) is 0 Å². The first-order chi connectivity index (χ1) is 8.74. The molecule has 0 saturated heterocycles. The molecular formula is C15H20BrNO. The van der Waals surface area contributed by atoms with Crippen LogP contribution >= 0.6 is 15.9 Å². The number of hydrogen-bond acceptors (Lipinski definition) is 1. The highest BCUT2D eigenvalue weighted by molar-refractivity contribution is 9.09. The molecule has 1 aromatic rings. The lowest BCUT2D eigenvalue weighted by Gasteiger charge is -2.32. The van der Waals surface area contributed by atoms with E-state index in [4.69, 9.17) is 0 Å². The normalized spacial score (nSPS) is 16.9. The zero-order valence-electron chi connectivity index (χ0n) is 10.9. The van der Waals surface area contributed by atoms with E-state index in [2.05, 4.69) is 28.1 Å². The quantitative estimate of drug-likeness (QED) is 0.583. The summed E-state index contributed by atoms with van der Waals surface area (Å²) < 4.78 is 0. The topological polar surface area (TPSA) is 20.3 Å². The molecule has 0 saturated carbocycles. The predicted octanol–water partition coefficient (Wildman–Crippen LogP) is 3.35. The van der Waals surface area contributed by atoms with Gasteiger partial charge in [-0.05, 0) is 30.4 Å². The molecule has 0 aliphatic heterocycles. The van der Waals surface area contributed by atoms with Gasteiger partial charge < -0.3 is 4.90 Å². The van der Waals surface area contributed by atoms with Crippen molar-refractivity contribution in [2.45, 2.75) is 31.6 Å². The van der Waals surface area contributed by atoms with Gasteiger partial charge in [-0.15, -0.1) is 0 Å². The van der Waals surface area contributed by atoms with E-state index in [-0.39, 0.29) is 11.8 Å². The minimum Gasteiger partial charge on any atom is -0.345 e. The Morgan fingerprint density at radius 2 is 2.11 bits per heavy atom. The summed E-state index contributed by atoms with van der Waals surface area (Å²) in [4.78, 5) is 14.2. The van der Waals surface area contributed by atoms with Gasteiger partial charge in [0.25, 0.3) is 0 Å². The Labute approximate surface area is 117 Å². The maximum Gasteiger partial charge on any atom is 0.230 e. The van der Waals surface area contributed by atoms with Gasteiger partial charge in [-0.25, -0.2) is 0 Å². The van der Waals surface area contributed by atoms with E-state index in [0.29, 0.717) is 0 Å². The summed E-state index contributed by atoms with van der Waals surface area (Å²) in [7, 11) is 1.93. The van der Waals surface area contributed by atoms with E-state index < -0.39 is 0 Å². The fraction of sp³-hybridized carbons (Fsp3) is 0.533. The maximum absolute atomic E-state index is 12.3. The number of fused-ring (bicyclic) bond motifs is 1. The van der Waals surface area contributed by atoms with E-state index in [1.165, 1.54) is 24.0 Å². The molecule has 0 N–H and O–H groups in total. The van der Waals surface area contributed by atoms with Crippen LogP contribution in [0.2, 0.25) is 0 Å². The van der Waals surface area contributed by atoms with Gasteiger partial charge in [0.2, 0.25) is 5.91 Å². The number of likely N-dealkylation sites (N-methyl/N-ethyl adjacent to an activating group) is 1. The molecule has 1 aromatic carbocycles. The molecule has 0 heterocycles. The summed E-state index contributed by atoms with van der Waals surface area (Å²) in [5.74, 6) is 0.398. The van der Waals surface area contributed by atoms with Crippen LogP contribution in [0.3, 0.4) is 0 Å². The third-order valence-corrected chi connectivity index (χ3v) is 4.22. The number of benzene rings is 1. The molecule has 98 valence electrons. The van der Waals surface area contributed by atoms with Crippen LogP contribution in [0.1, 0.15) is 36.3 Å². The molecule has 0 spiro atoms. The Balaban J connectivity index is 1.82.